The van der Waals surface area contributed by atoms with Gasteiger partial charge in [-0.1, -0.05) is 41.5 Å². The highest BCUT2D eigenvalue weighted by molar-refractivity contribution is 5.72. The molecule has 5 aliphatic heterocycles. The summed E-state index contributed by atoms with van der Waals surface area (Å²) in [6.45, 7) is 15.9. The first-order chi connectivity index (χ1) is 22.5. The minimum absolute atomic E-state index is 0.143. The molecule has 5 rings (SSSR count). The maximum Gasteiger partial charge on any atom is 0.311 e. The van der Waals surface area contributed by atoms with Gasteiger partial charge in [-0.3, -0.25) is 4.79 Å². The van der Waals surface area contributed by atoms with Crippen LogP contribution in [0.1, 0.15) is 107 Å². The van der Waals surface area contributed by atoms with E-state index in [-0.39, 0.29) is 60.0 Å². The van der Waals surface area contributed by atoms with Gasteiger partial charge in [0, 0.05) is 37.7 Å². The molecule has 0 saturated carbocycles. The van der Waals surface area contributed by atoms with E-state index in [0.29, 0.717) is 12.8 Å². The SMILES string of the molecule is CC[C@@]1([C@@H]2O[C@@H](C3O[C@@](O)(CO)[C@H](C)C[C@@H]3C)C[C@@H]2C)CC[C@H]([C@]2(C)CC[C@]3(C[C@H](O)[C@@H](C)[C@@H]([C@@H](C)[C@@H](OC)[C@H](C)C(=O)OC)O3)O2)O1. The van der Waals surface area contributed by atoms with Crippen molar-refractivity contribution in [2.75, 3.05) is 20.8 Å². The molecule has 5 heterocycles. The van der Waals surface area contributed by atoms with Crippen molar-refractivity contribution in [2.45, 2.75) is 172 Å². The van der Waals surface area contributed by atoms with Crippen LogP contribution in [0.3, 0.4) is 0 Å². The summed E-state index contributed by atoms with van der Waals surface area (Å²) < 4.78 is 44.7. The Morgan fingerprint density at radius 2 is 1.71 bits per heavy atom. The fraction of sp³-hybridized carbons (Fsp3) is 0.973. The van der Waals surface area contributed by atoms with Crippen molar-refractivity contribution >= 4 is 5.97 Å². The quantitative estimate of drug-likeness (QED) is 0.283. The Bertz CT molecular complexity index is 1120. The van der Waals surface area contributed by atoms with Crippen molar-refractivity contribution in [3.63, 3.8) is 0 Å². The van der Waals surface area contributed by atoms with E-state index in [0.717, 1.165) is 38.5 Å². The number of esters is 1. The molecule has 3 N–H and O–H groups in total. The van der Waals surface area contributed by atoms with E-state index < -0.39 is 53.6 Å². The molecule has 0 radical (unpaired) electrons. The van der Waals surface area contributed by atoms with Crippen LogP contribution >= 0.6 is 0 Å². The Hall–Kier alpha value is -0.890. The van der Waals surface area contributed by atoms with Gasteiger partial charge in [0.15, 0.2) is 11.6 Å². The van der Waals surface area contributed by atoms with E-state index in [9.17, 15) is 20.1 Å². The van der Waals surface area contributed by atoms with Gasteiger partial charge in [-0.25, -0.2) is 0 Å². The first-order valence-electron chi connectivity index (χ1n) is 18.5. The van der Waals surface area contributed by atoms with Gasteiger partial charge in [0.1, 0.15) is 0 Å². The van der Waals surface area contributed by atoms with Crippen LogP contribution in [0, 0.1) is 35.5 Å². The summed E-state index contributed by atoms with van der Waals surface area (Å²) >= 11 is 0. The predicted octanol–water partition coefficient (Wildman–Crippen LogP) is 4.36. The zero-order chi connectivity index (χ0) is 35.4. The standard InChI is InChI=1S/C37H64O11/c1-11-35(32-21(3)17-27(44-32)29-20(2)16-22(4)37(41,19-38)47-29)13-12-28(45-35)34(8)14-15-36(48-34)18-26(39)23(5)31(46-36)24(6)30(42-9)25(7)33(40)43-10/h20-32,38-39,41H,11-19H2,1-10H3/t20-,21-,22+,23+,24-,25-,26-,27+,28+,29?,30+,31-,32+,34-,35-,36+,37-/m0/s1. The second-order valence-electron chi connectivity index (χ2n) is 16.5. The molecule has 0 aromatic carbocycles. The predicted molar refractivity (Wildman–Crippen MR) is 177 cm³/mol. The highest BCUT2D eigenvalue weighted by atomic mass is 16.7. The Morgan fingerprint density at radius 1 is 1.00 bits per heavy atom. The topological polar surface area (TPSA) is 142 Å². The van der Waals surface area contributed by atoms with Crippen molar-refractivity contribution in [1.29, 1.82) is 0 Å². The summed E-state index contributed by atoms with van der Waals surface area (Å²) in [5.41, 5.74) is -1.12. The number of aliphatic hydroxyl groups excluding tert-OH is 2. The third-order valence-electron chi connectivity index (χ3n) is 13.2. The fourth-order valence-electron chi connectivity index (χ4n) is 10.1. The highest BCUT2D eigenvalue weighted by Crippen LogP contribution is 2.55. The van der Waals surface area contributed by atoms with Gasteiger partial charge in [0.25, 0.3) is 0 Å². The lowest BCUT2D eigenvalue weighted by Crippen LogP contribution is -2.57. The number of carbonyl (C=O) groups excluding carboxylic acids is 1. The molecule has 5 fully saturated rings. The zero-order valence-electron chi connectivity index (χ0n) is 31.0. The summed E-state index contributed by atoms with van der Waals surface area (Å²) in [6, 6.07) is 0. The van der Waals surface area contributed by atoms with Crippen molar-refractivity contribution in [2.24, 2.45) is 35.5 Å². The van der Waals surface area contributed by atoms with Gasteiger partial charge in [-0.05, 0) is 64.2 Å². The Balaban J connectivity index is 1.28. The second-order valence-corrected chi connectivity index (χ2v) is 16.5. The summed E-state index contributed by atoms with van der Waals surface area (Å²) in [6.07, 6.45) is 3.37. The first kappa shape index (κ1) is 38.3. The molecule has 278 valence electrons. The fourth-order valence-corrected chi connectivity index (χ4v) is 10.1. The highest BCUT2D eigenvalue weighted by Gasteiger charge is 2.62. The number of ether oxygens (including phenoxy) is 7. The lowest BCUT2D eigenvalue weighted by molar-refractivity contribution is -0.336. The molecule has 0 amide bonds. The number of hydrogen-bond acceptors (Lipinski definition) is 11. The van der Waals surface area contributed by atoms with E-state index in [4.69, 9.17) is 33.2 Å². The van der Waals surface area contributed by atoms with Gasteiger partial charge in [-0.2, -0.15) is 0 Å². The van der Waals surface area contributed by atoms with Crippen LogP contribution < -0.4 is 0 Å². The van der Waals surface area contributed by atoms with Gasteiger partial charge in [0.2, 0.25) is 0 Å². The van der Waals surface area contributed by atoms with Crippen LogP contribution in [0.4, 0.5) is 0 Å². The Kier molecular flexibility index (Phi) is 11.4. The van der Waals surface area contributed by atoms with Crippen molar-refractivity contribution in [1.82, 2.24) is 0 Å². The second kappa shape index (κ2) is 14.3. The van der Waals surface area contributed by atoms with Gasteiger partial charge in [-0.15, -0.1) is 0 Å². The molecule has 5 aliphatic rings. The average Bonchev–Trinajstić information content (AvgIpc) is 3.77. The van der Waals surface area contributed by atoms with Gasteiger partial charge in [0.05, 0.1) is 73.6 Å². The maximum atomic E-state index is 12.4. The van der Waals surface area contributed by atoms with Crippen molar-refractivity contribution in [3.8, 4) is 0 Å². The molecule has 11 nitrogen and oxygen atoms in total. The molecule has 1 unspecified atom stereocenters. The van der Waals surface area contributed by atoms with E-state index in [1.165, 1.54) is 7.11 Å². The summed E-state index contributed by atoms with van der Waals surface area (Å²) in [7, 11) is 2.97. The van der Waals surface area contributed by atoms with Crippen molar-refractivity contribution in [3.05, 3.63) is 0 Å². The van der Waals surface area contributed by atoms with E-state index >= 15 is 0 Å². The van der Waals surface area contributed by atoms with E-state index in [1.54, 1.807) is 14.0 Å². The lowest BCUT2D eigenvalue weighted by Gasteiger charge is -2.49. The molecule has 0 aromatic heterocycles. The van der Waals surface area contributed by atoms with Crippen LogP contribution in [0.2, 0.25) is 0 Å². The number of aliphatic hydroxyl groups is 3. The molecule has 0 aromatic rings. The Morgan fingerprint density at radius 3 is 2.33 bits per heavy atom. The molecular weight excluding hydrogens is 620 g/mol. The van der Waals surface area contributed by atoms with Crippen LogP contribution in [0.25, 0.3) is 0 Å². The van der Waals surface area contributed by atoms with Crippen LogP contribution in [0.15, 0.2) is 0 Å². The zero-order valence-corrected chi connectivity index (χ0v) is 31.0. The average molecular weight is 685 g/mol. The molecule has 1 spiro atoms. The molecule has 0 bridgehead atoms. The number of methoxy groups -OCH3 is 2. The molecular formula is C37H64O11. The number of carbonyl (C=O) groups is 1. The number of hydrogen-bond donors (Lipinski definition) is 3. The molecule has 0 aliphatic carbocycles. The van der Waals surface area contributed by atoms with Gasteiger partial charge < -0.3 is 48.5 Å². The molecule has 5 saturated heterocycles. The van der Waals surface area contributed by atoms with Crippen LogP contribution in [0.5, 0.6) is 0 Å². The lowest BCUT2D eigenvalue weighted by atomic mass is 9.78. The summed E-state index contributed by atoms with van der Waals surface area (Å²) in [5, 5.41) is 32.3. The summed E-state index contributed by atoms with van der Waals surface area (Å²) in [5.74, 6) is -3.52. The largest absolute Gasteiger partial charge is 0.469 e. The molecule has 48 heavy (non-hydrogen) atoms. The normalized spacial score (nSPS) is 50.0. The minimum atomic E-state index is -1.56. The van der Waals surface area contributed by atoms with Gasteiger partial charge >= 0.3 is 5.97 Å². The third kappa shape index (κ3) is 6.74. The van der Waals surface area contributed by atoms with Crippen LogP contribution in [-0.2, 0) is 38.0 Å². The Labute approximate surface area is 287 Å². The van der Waals surface area contributed by atoms with Crippen molar-refractivity contribution < 1.29 is 53.3 Å². The maximum absolute atomic E-state index is 12.4. The molecule has 17 atom stereocenters. The van der Waals surface area contributed by atoms with E-state index in [1.807, 2.05) is 20.8 Å². The molecule has 11 heteroatoms. The van der Waals surface area contributed by atoms with Crippen LogP contribution in [-0.4, -0.2) is 108 Å². The smallest absolute Gasteiger partial charge is 0.311 e. The first-order valence-corrected chi connectivity index (χ1v) is 18.5. The summed E-state index contributed by atoms with van der Waals surface area (Å²) in [4.78, 5) is 12.4. The third-order valence-corrected chi connectivity index (χ3v) is 13.2. The van der Waals surface area contributed by atoms with E-state index in [2.05, 4.69) is 27.7 Å². The monoisotopic (exact) mass is 684 g/mol. The minimum Gasteiger partial charge on any atom is -0.469 e. The number of rotatable bonds is 10.